The topological polar surface area (TPSA) is 53.4 Å². The molecule has 5 nitrogen and oxygen atoms in total. The number of hydrogen-bond acceptors (Lipinski definition) is 4. The van der Waals surface area contributed by atoms with Crippen molar-refractivity contribution < 1.29 is 14.3 Å². The number of aldehydes is 1. The van der Waals surface area contributed by atoms with Crippen molar-refractivity contribution in [3.8, 4) is 11.5 Å². The Morgan fingerprint density at radius 1 is 1.25 bits per heavy atom. The number of aryl methyl sites for hydroxylation is 1. The number of methoxy groups -OCH3 is 2. The van der Waals surface area contributed by atoms with E-state index in [1.165, 1.54) is 0 Å². The SMILES string of the molecule is COc1ccc(Cn2nc(C)c(C=O)c2C)c(OC)c1. The van der Waals surface area contributed by atoms with Crippen molar-refractivity contribution in [2.45, 2.75) is 20.4 Å². The molecule has 20 heavy (non-hydrogen) atoms. The maximum atomic E-state index is 11.0. The highest BCUT2D eigenvalue weighted by molar-refractivity contribution is 5.78. The summed E-state index contributed by atoms with van der Waals surface area (Å²) in [5.41, 5.74) is 3.23. The molecular weight excluding hydrogens is 256 g/mol. The van der Waals surface area contributed by atoms with E-state index in [1.807, 2.05) is 36.7 Å². The van der Waals surface area contributed by atoms with Crippen LogP contribution in [0.4, 0.5) is 0 Å². The lowest BCUT2D eigenvalue weighted by Gasteiger charge is -2.11. The van der Waals surface area contributed by atoms with Crippen molar-refractivity contribution in [3.63, 3.8) is 0 Å². The maximum Gasteiger partial charge on any atom is 0.153 e. The van der Waals surface area contributed by atoms with E-state index in [1.54, 1.807) is 14.2 Å². The largest absolute Gasteiger partial charge is 0.497 e. The minimum absolute atomic E-state index is 0.549. The van der Waals surface area contributed by atoms with Gasteiger partial charge in [0.15, 0.2) is 6.29 Å². The standard InChI is InChI=1S/C15H18N2O3/c1-10-14(9-18)11(2)17(16-10)8-12-5-6-13(19-3)7-15(12)20-4/h5-7,9H,8H2,1-4H3. The Morgan fingerprint density at radius 2 is 2.00 bits per heavy atom. The number of aromatic nitrogens is 2. The number of carbonyl (C=O) groups excluding carboxylic acids is 1. The Morgan fingerprint density at radius 3 is 2.55 bits per heavy atom. The lowest BCUT2D eigenvalue weighted by molar-refractivity contribution is 0.112. The van der Waals surface area contributed by atoms with Crippen LogP contribution >= 0.6 is 0 Å². The summed E-state index contributed by atoms with van der Waals surface area (Å²) in [6.45, 7) is 4.27. The lowest BCUT2D eigenvalue weighted by Crippen LogP contribution is -2.06. The van der Waals surface area contributed by atoms with Gasteiger partial charge in [-0.3, -0.25) is 9.48 Å². The molecule has 0 N–H and O–H groups in total. The predicted molar refractivity (Wildman–Crippen MR) is 75.7 cm³/mol. The molecule has 0 aliphatic rings. The highest BCUT2D eigenvalue weighted by atomic mass is 16.5. The molecule has 0 bridgehead atoms. The van der Waals surface area contributed by atoms with Gasteiger partial charge in [0.25, 0.3) is 0 Å². The summed E-state index contributed by atoms with van der Waals surface area (Å²) in [4.78, 5) is 11.0. The molecule has 5 heteroatoms. The molecular formula is C15H18N2O3. The average molecular weight is 274 g/mol. The average Bonchev–Trinajstić information content (AvgIpc) is 2.73. The van der Waals surface area contributed by atoms with Gasteiger partial charge in [-0.25, -0.2) is 0 Å². The van der Waals surface area contributed by atoms with Gasteiger partial charge in [0.05, 0.1) is 32.0 Å². The minimum Gasteiger partial charge on any atom is -0.497 e. The van der Waals surface area contributed by atoms with E-state index in [9.17, 15) is 4.79 Å². The summed E-state index contributed by atoms with van der Waals surface area (Å²) >= 11 is 0. The Balaban J connectivity index is 2.37. The fourth-order valence-corrected chi connectivity index (χ4v) is 2.18. The molecule has 0 saturated heterocycles. The van der Waals surface area contributed by atoms with Crippen LogP contribution in [0.3, 0.4) is 0 Å². The third-order valence-electron chi connectivity index (χ3n) is 3.37. The molecule has 1 heterocycles. The highest BCUT2D eigenvalue weighted by Gasteiger charge is 2.13. The van der Waals surface area contributed by atoms with Crippen LogP contribution in [0.2, 0.25) is 0 Å². The Bertz CT molecular complexity index is 632. The molecule has 0 aliphatic heterocycles. The van der Waals surface area contributed by atoms with Crippen LogP contribution < -0.4 is 9.47 Å². The minimum atomic E-state index is 0.549. The quantitative estimate of drug-likeness (QED) is 0.785. The van der Waals surface area contributed by atoms with Gasteiger partial charge in [0, 0.05) is 17.3 Å². The van der Waals surface area contributed by atoms with Crippen molar-refractivity contribution in [1.82, 2.24) is 9.78 Å². The van der Waals surface area contributed by atoms with E-state index in [0.29, 0.717) is 12.1 Å². The molecule has 106 valence electrons. The van der Waals surface area contributed by atoms with Gasteiger partial charge in [0.1, 0.15) is 11.5 Å². The number of nitrogens with zero attached hydrogens (tertiary/aromatic N) is 2. The fourth-order valence-electron chi connectivity index (χ4n) is 2.18. The second-order valence-corrected chi connectivity index (χ2v) is 4.54. The van der Waals surface area contributed by atoms with Gasteiger partial charge in [-0.15, -0.1) is 0 Å². The zero-order chi connectivity index (χ0) is 14.7. The molecule has 1 aromatic heterocycles. The summed E-state index contributed by atoms with van der Waals surface area (Å²) < 4.78 is 12.4. The second-order valence-electron chi connectivity index (χ2n) is 4.54. The first-order chi connectivity index (χ1) is 9.60. The summed E-state index contributed by atoms with van der Waals surface area (Å²) in [6.07, 6.45) is 0.847. The molecule has 0 saturated carbocycles. The number of ether oxygens (including phenoxy) is 2. The molecule has 2 aromatic rings. The third kappa shape index (κ3) is 2.52. The van der Waals surface area contributed by atoms with E-state index < -0.39 is 0 Å². The Labute approximate surface area is 118 Å². The summed E-state index contributed by atoms with van der Waals surface area (Å²) in [5.74, 6) is 1.48. The number of carbonyl (C=O) groups is 1. The van der Waals surface area contributed by atoms with E-state index >= 15 is 0 Å². The summed E-state index contributed by atoms with van der Waals surface area (Å²) in [7, 11) is 3.24. The highest BCUT2D eigenvalue weighted by Crippen LogP contribution is 2.26. The van der Waals surface area contributed by atoms with Crippen molar-refractivity contribution >= 4 is 6.29 Å². The molecule has 0 aliphatic carbocycles. The maximum absolute atomic E-state index is 11.0. The molecule has 0 radical (unpaired) electrons. The third-order valence-corrected chi connectivity index (χ3v) is 3.37. The van der Waals surface area contributed by atoms with Gasteiger partial charge < -0.3 is 9.47 Å². The van der Waals surface area contributed by atoms with E-state index in [2.05, 4.69) is 5.10 Å². The number of benzene rings is 1. The van der Waals surface area contributed by atoms with Crippen LogP contribution in [0, 0.1) is 13.8 Å². The number of rotatable bonds is 5. The van der Waals surface area contributed by atoms with Gasteiger partial charge in [-0.05, 0) is 26.0 Å². The van der Waals surface area contributed by atoms with Gasteiger partial charge >= 0.3 is 0 Å². The first kappa shape index (κ1) is 14.1. The van der Waals surface area contributed by atoms with Crippen LogP contribution in [-0.4, -0.2) is 30.3 Å². The van der Waals surface area contributed by atoms with Crippen LogP contribution in [0.1, 0.15) is 27.3 Å². The number of hydrogen-bond donors (Lipinski definition) is 0. The van der Waals surface area contributed by atoms with Gasteiger partial charge in [-0.1, -0.05) is 0 Å². The Hall–Kier alpha value is -2.30. The molecule has 0 unspecified atom stereocenters. The Kier molecular flexibility index (Phi) is 4.08. The zero-order valence-corrected chi connectivity index (χ0v) is 12.1. The molecule has 0 atom stereocenters. The normalized spacial score (nSPS) is 10.4. The van der Waals surface area contributed by atoms with Crippen LogP contribution in [0.5, 0.6) is 11.5 Å². The second kappa shape index (κ2) is 5.77. The summed E-state index contributed by atoms with van der Waals surface area (Å²) in [6, 6.07) is 5.65. The van der Waals surface area contributed by atoms with Gasteiger partial charge in [0.2, 0.25) is 0 Å². The fraction of sp³-hybridized carbons (Fsp3) is 0.333. The van der Waals surface area contributed by atoms with Crippen LogP contribution in [0.15, 0.2) is 18.2 Å². The first-order valence-corrected chi connectivity index (χ1v) is 6.30. The van der Waals surface area contributed by atoms with Crippen molar-refractivity contribution in [1.29, 1.82) is 0 Å². The molecule has 0 spiro atoms. The molecule has 2 rings (SSSR count). The van der Waals surface area contributed by atoms with Gasteiger partial charge in [-0.2, -0.15) is 5.10 Å². The molecule has 1 aromatic carbocycles. The van der Waals surface area contributed by atoms with E-state index in [-0.39, 0.29) is 0 Å². The van der Waals surface area contributed by atoms with E-state index in [4.69, 9.17) is 9.47 Å². The molecule has 0 fully saturated rings. The smallest absolute Gasteiger partial charge is 0.153 e. The van der Waals surface area contributed by atoms with Crippen molar-refractivity contribution in [2.24, 2.45) is 0 Å². The predicted octanol–water partition coefficient (Wildman–Crippen LogP) is 2.38. The van der Waals surface area contributed by atoms with Crippen LogP contribution in [-0.2, 0) is 6.54 Å². The van der Waals surface area contributed by atoms with Crippen LogP contribution in [0.25, 0.3) is 0 Å². The lowest BCUT2D eigenvalue weighted by atomic mass is 10.2. The summed E-state index contributed by atoms with van der Waals surface area (Å²) in [5, 5.41) is 4.39. The molecule has 0 amide bonds. The first-order valence-electron chi connectivity index (χ1n) is 6.30. The zero-order valence-electron chi connectivity index (χ0n) is 12.1. The van der Waals surface area contributed by atoms with Crippen molar-refractivity contribution in [2.75, 3.05) is 14.2 Å². The van der Waals surface area contributed by atoms with Crippen molar-refractivity contribution in [3.05, 3.63) is 40.7 Å². The van der Waals surface area contributed by atoms with E-state index in [0.717, 1.165) is 34.7 Å². The monoisotopic (exact) mass is 274 g/mol.